The zero-order chi connectivity index (χ0) is 15.7. The van der Waals surface area contributed by atoms with E-state index in [4.69, 9.17) is 0 Å². The maximum absolute atomic E-state index is 12.7. The highest BCUT2D eigenvalue weighted by atomic mass is 19.4. The van der Waals surface area contributed by atoms with Crippen LogP contribution in [0.2, 0.25) is 0 Å². The maximum atomic E-state index is 12.7. The number of likely N-dealkylation sites (tertiary alicyclic amines) is 1. The Labute approximate surface area is 124 Å². The van der Waals surface area contributed by atoms with Crippen LogP contribution in [0.1, 0.15) is 39.5 Å². The molecule has 0 aromatic carbocycles. The summed E-state index contributed by atoms with van der Waals surface area (Å²) in [6.07, 6.45) is -2.00. The van der Waals surface area contributed by atoms with Gasteiger partial charge in [-0.2, -0.15) is 13.2 Å². The van der Waals surface area contributed by atoms with Gasteiger partial charge in [0.25, 0.3) is 0 Å². The largest absolute Gasteiger partial charge is 0.391 e. The van der Waals surface area contributed by atoms with Crippen LogP contribution >= 0.6 is 0 Å². The second kappa shape index (κ2) is 6.15. The molecule has 0 saturated carbocycles. The monoisotopic (exact) mass is 306 g/mol. The molecule has 2 aliphatic heterocycles. The van der Waals surface area contributed by atoms with Crippen LogP contribution in [0, 0.1) is 17.3 Å². The highest BCUT2D eigenvalue weighted by molar-refractivity contribution is 5.82. The van der Waals surface area contributed by atoms with Crippen molar-refractivity contribution >= 4 is 5.91 Å². The molecular formula is C15H25F3N2O. The summed E-state index contributed by atoms with van der Waals surface area (Å²) < 4.78 is 38.0. The zero-order valence-electron chi connectivity index (χ0n) is 12.8. The van der Waals surface area contributed by atoms with Crippen molar-refractivity contribution < 1.29 is 18.0 Å². The number of rotatable bonds is 2. The third kappa shape index (κ3) is 3.71. The fourth-order valence-corrected chi connectivity index (χ4v) is 3.46. The van der Waals surface area contributed by atoms with Gasteiger partial charge in [0, 0.05) is 18.5 Å². The molecule has 21 heavy (non-hydrogen) atoms. The normalized spacial score (nSPS) is 26.0. The van der Waals surface area contributed by atoms with E-state index >= 15 is 0 Å². The summed E-state index contributed by atoms with van der Waals surface area (Å²) in [6.45, 7) is 6.13. The number of carbonyl (C=O) groups excluding carboxylic acids is 1. The van der Waals surface area contributed by atoms with Crippen LogP contribution in [0.4, 0.5) is 13.2 Å². The van der Waals surface area contributed by atoms with E-state index < -0.39 is 17.5 Å². The average molecular weight is 306 g/mol. The molecule has 2 saturated heterocycles. The number of amides is 1. The quantitative estimate of drug-likeness (QED) is 0.851. The smallest absolute Gasteiger partial charge is 0.342 e. The SMILES string of the molecule is CC(C)(C(=O)N1CCC(C(F)(F)F)CC1)C1CCCNC1. The number of alkyl halides is 3. The lowest BCUT2D eigenvalue weighted by atomic mass is 9.73. The molecule has 122 valence electrons. The fourth-order valence-electron chi connectivity index (χ4n) is 3.46. The van der Waals surface area contributed by atoms with E-state index in [9.17, 15) is 18.0 Å². The van der Waals surface area contributed by atoms with E-state index in [1.54, 1.807) is 4.90 Å². The molecule has 6 heteroatoms. The summed E-state index contributed by atoms with van der Waals surface area (Å²) in [5, 5.41) is 3.31. The molecule has 0 spiro atoms. The first-order chi connectivity index (χ1) is 9.73. The number of nitrogens with one attached hydrogen (secondary N) is 1. The van der Waals surface area contributed by atoms with Crippen LogP contribution in [-0.2, 0) is 4.79 Å². The average Bonchev–Trinajstić information content (AvgIpc) is 2.46. The van der Waals surface area contributed by atoms with Crippen molar-refractivity contribution in [3.05, 3.63) is 0 Å². The third-order valence-corrected chi connectivity index (χ3v) is 5.11. The molecule has 0 aliphatic carbocycles. The van der Waals surface area contributed by atoms with Crippen molar-refractivity contribution in [2.45, 2.75) is 45.7 Å². The number of nitrogens with zero attached hydrogens (tertiary/aromatic N) is 1. The van der Waals surface area contributed by atoms with Gasteiger partial charge in [0.05, 0.1) is 5.92 Å². The lowest BCUT2D eigenvalue weighted by Gasteiger charge is -2.42. The zero-order valence-corrected chi connectivity index (χ0v) is 12.8. The molecule has 1 N–H and O–H groups in total. The molecule has 1 amide bonds. The highest BCUT2D eigenvalue weighted by Crippen LogP contribution is 2.37. The number of halogens is 3. The number of carbonyl (C=O) groups is 1. The first kappa shape index (κ1) is 16.6. The van der Waals surface area contributed by atoms with Crippen molar-refractivity contribution in [1.29, 1.82) is 0 Å². The van der Waals surface area contributed by atoms with E-state index in [2.05, 4.69) is 5.32 Å². The Morgan fingerprint density at radius 3 is 2.19 bits per heavy atom. The predicted octanol–water partition coefficient (Wildman–Crippen LogP) is 2.81. The van der Waals surface area contributed by atoms with Crippen LogP contribution in [-0.4, -0.2) is 43.2 Å². The standard InChI is InChI=1S/C15H25F3N2O/c1-14(2,12-4-3-7-19-10-12)13(21)20-8-5-11(6-9-20)15(16,17)18/h11-12,19H,3-10H2,1-2H3. The minimum Gasteiger partial charge on any atom is -0.342 e. The summed E-state index contributed by atoms with van der Waals surface area (Å²) in [7, 11) is 0. The molecule has 2 rings (SSSR count). The van der Waals surface area contributed by atoms with E-state index in [1.807, 2.05) is 13.8 Å². The molecule has 0 radical (unpaired) electrons. The van der Waals surface area contributed by atoms with Crippen LogP contribution < -0.4 is 5.32 Å². The topological polar surface area (TPSA) is 32.3 Å². The molecule has 2 heterocycles. The van der Waals surface area contributed by atoms with Crippen LogP contribution in [0.15, 0.2) is 0 Å². The Balaban J connectivity index is 1.94. The van der Waals surface area contributed by atoms with Crippen molar-refractivity contribution in [1.82, 2.24) is 10.2 Å². The van der Waals surface area contributed by atoms with Crippen LogP contribution in [0.25, 0.3) is 0 Å². The molecule has 3 nitrogen and oxygen atoms in total. The number of hydrogen-bond acceptors (Lipinski definition) is 2. The van der Waals surface area contributed by atoms with E-state index in [-0.39, 0.29) is 37.8 Å². The van der Waals surface area contributed by atoms with Gasteiger partial charge in [0.1, 0.15) is 0 Å². The predicted molar refractivity (Wildman–Crippen MR) is 74.7 cm³/mol. The second-order valence-electron chi connectivity index (χ2n) is 6.87. The first-order valence-corrected chi connectivity index (χ1v) is 7.79. The van der Waals surface area contributed by atoms with Gasteiger partial charge in [-0.3, -0.25) is 4.79 Å². The Bertz CT molecular complexity index is 368. The fraction of sp³-hybridized carbons (Fsp3) is 0.933. The van der Waals surface area contributed by atoms with Gasteiger partial charge in [-0.15, -0.1) is 0 Å². The van der Waals surface area contributed by atoms with E-state index in [0.29, 0.717) is 0 Å². The van der Waals surface area contributed by atoms with Crippen molar-refractivity contribution in [2.75, 3.05) is 26.2 Å². The molecular weight excluding hydrogens is 281 g/mol. The molecule has 0 aromatic rings. The van der Waals surface area contributed by atoms with Crippen molar-refractivity contribution in [3.8, 4) is 0 Å². The third-order valence-electron chi connectivity index (χ3n) is 5.11. The van der Waals surface area contributed by atoms with Gasteiger partial charge in [0.2, 0.25) is 5.91 Å². The van der Waals surface area contributed by atoms with E-state index in [1.165, 1.54) is 0 Å². The second-order valence-corrected chi connectivity index (χ2v) is 6.87. The highest BCUT2D eigenvalue weighted by Gasteiger charge is 2.45. The van der Waals surface area contributed by atoms with Crippen molar-refractivity contribution in [2.24, 2.45) is 17.3 Å². The van der Waals surface area contributed by atoms with Gasteiger partial charge >= 0.3 is 6.18 Å². The summed E-state index contributed by atoms with van der Waals surface area (Å²) >= 11 is 0. The molecule has 0 bridgehead atoms. The number of piperidine rings is 2. The summed E-state index contributed by atoms with van der Waals surface area (Å²) in [5.74, 6) is -0.975. The molecule has 1 atom stereocenters. The molecule has 2 aliphatic rings. The van der Waals surface area contributed by atoms with Crippen LogP contribution in [0.3, 0.4) is 0 Å². The van der Waals surface area contributed by atoms with Gasteiger partial charge in [-0.05, 0) is 44.7 Å². The van der Waals surface area contributed by atoms with Gasteiger partial charge in [-0.25, -0.2) is 0 Å². The van der Waals surface area contributed by atoms with Crippen molar-refractivity contribution in [3.63, 3.8) is 0 Å². The minimum atomic E-state index is -4.13. The van der Waals surface area contributed by atoms with Gasteiger partial charge in [-0.1, -0.05) is 13.8 Å². The molecule has 2 fully saturated rings. The Morgan fingerprint density at radius 2 is 1.71 bits per heavy atom. The molecule has 1 unspecified atom stereocenters. The maximum Gasteiger partial charge on any atom is 0.391 e. The summed E-state index contributed by atoms with van der Waals surface area (Å²) in [4.78, 5) is 14.3. The Morgan fingerprint density at radius 1 is 1.10 bits per heavy atom. The summed E-state index contributed by atoms with van der Waals surface area (Å²) in [5.41, 5.74) is -0.501. The molecule has 0 aromatic heterocycles. The Hall–Kier alpha value is -0.780. The van der Waals surface area contributed by atoms with E-state index in [0.717, 1.165) is 25.9 Å². The minimum absolute atomic E-state index is 0.0109. The Kier molecular flexibility index (Phi) is 4.85. The first-order valence-electron chi connectivity index (χ1n) is 7.79. The lowest BCUT2D eigenvalue weighted by Crippen LogP contribution is -2.51. The lowest BCUT2D eigenvalue weighted by molar-refractivity contribution is -0.188. The van der Waals surface area contributed by atoms with Gasteiger partial charge in [0.15, 0.2) is 0 Å². The number of hydrogen-bond donors (Lipinski definition) is 1. The summed E-state index contributed by atoms with van der Waals surface area (Å²) in [6, 6.07) is 0. The van der Waals surface area contributed by atoms with Gasteiger partial charge < -0.3 is 10.2 Å². The van der Waals surface area contributed by atoms with Crippen LogP contribution in [0.5, 0.6) is 0 Å².